The second-order valence-electron chi connectivity index (χ2n) is 6.67. The Kier molecular flexibility index (Phi) is 4.15. The number of aromatic nitrogens is 6. The maximum absolute atomic E-state index is 12.6. The number of fused-ring (bicyclic) bond motifs is 1. The van der Waals surface area contributed by atoms with Crippen molar-refractivity contribution in [3.8, 4) is 0 Å². The molecule has 9 heteroatoms. The Morgan fingerprint density at radius 3 is 2.88 bits per heavy atom. The lowest BCUT2D eigenvalue weighted by Gasteiger charge is -2.35. The van der Waals surface area contributed by atoms with Crippen LogP contribution in [0.5, 0.6) is 0 Å². The average Bonchev–Trinajstić information content (AvgIpc) is 3.20. The van der Waals surface area contributed by atoms with Crippen molar-refractivity contribution in [2.24, 2.45) is 0 Å². The van der Waals surface area contributed by atoms with E-state index >= 15 is 0 Å². The van der Waals surface area contributed by atoms with Crippen molar-refractivity contribution in [2.45, 2.75) is 51.8 Å². The summed E-state index contributed by atoms with van der Waals surface area (Å²) in [5.74, 6) is 1.56. The minimum absolute atomic E-state index is 0.0903. The number of aliphatic hydroxyl groups is 1. The molecule has 26 heavy (non-hydrogen) atoms. The van der Waals surface area contributed by atoms with Crippen LogP contribution < -0.4 is 5.32 Å². The molecular weight excluding hydrogens is 334 g/mol. The largest absolute Gasteiger partial charge is 0.388 e. The molecule has 1 fully saturated rings. The summed E-state index contributed by atoms with van der Waals surface area (Å²) >= 11 is 0. The molecule has 1 aliphatic carbocycles. The number of aryl methyl sites for hydroxylation is 1. The van der Waals surface area contributed by atoms with Crippen LogP contribution in [0.4, 0.5) is 0 Å². The molecule has 1 saturated carbocycles. The van der Waals surface area contributed by atoms with E-state index in [2.05, 4.69) is 25.6 Å². The van der Waals surface area contributed by atoms with E-state index in [1.165, 1.54) is 0 Å². The molecule has 4 rings (SSSR count). The predicted octanol–water partition coefficient (Wildman–Crippen LogP) is 0.817. The topological polar surface area (TPSA) is 110 Å². The van der Waals surface area contributed by atoms with Gasteiger partial charge in [0.15, 0.2) is 11.5 Å². The standard InChI is InChI=1S/C17H21N7O2/c1-3-23-14(9-25)21-22-15(23)11-4-12(5-11)20-17(26)13-7-19-24-8-10(2)6-18-16(13)24/h6-8,11-12,25H,3-5,9H2,1-2H3,(H,20,26). The van der Waals surface area contributed by atoms with Crippen molar-refractivity contribution in [2.75, 3.05) is 0 Å². The summed E-state index contributed by atoms with van der Waals surface area (Å²) in [4.78, 5) is 16.9. The predicted molar refractivity (Wildman–Crippen MR) is 92.6 cm³/mol. The Hall–Kier alpha value is -2.81. The van der Waals surface area contributed by atoms with Crippen molar-refractivity contribution in [1.82, 2.24) is 34.7 Å². The maximum Gasteiger partial charge on any atom is 0.256 e. The molecule has 0 atom stereocenters. The average molecular weight is 355 g/mol. The van der Waals surface area contributed by atoms with Crippen LogP contribution in [0.25, 0.3) is 5.65 Å². The summed E-state index contributed by atoms with van der Waals surface area (Å²) in [5.41, 5.74) is 2.02. The molecule has 0 aromatic carbocycles. The van der Waals surface area contributed by atoms with E-state index in [4.69, 9.17) is 0 Å². The van der Waals surface area contributed by atoms with Crippen molar-refractivity contribution in [1.29, 1.82) is 0 Å². The maximum atomic E-state index is 12.6. The van der Waals surface area contributed by atoms with Crippen molar-refractivity contribution in [3.63, 3.8) is 0 Å². The van der Waals surface area contributed by atoms with Gasteiger partial charge in [0, 0.05) is 30.9 Å². The highest BCUT2D eigenvalue weighted by molar-refractivity contribution is 5.99. The summed E-state index contributed by atoms with van der Waals surface area (Å²) in [6.07, 6.45) is 6.73. The lowest BCUT2D eigenvalue weighted by atomic mass is 9.79. The third kappa shape index (κ3) is 2.74. The summed E-state index contributed by atoms with van der Waals surface area (Å²) in [6.45, 7) is 4.54. The van der Waals surface area contributed by atoms with Crippen LogP contribution in [0, 0.1) is 6.92 Å². The highest BCUT2D eigenvalue weighted by Gasteiger charge is 2.35. The molecule has 3 heterocycles. The van der Waals surface area contributed by atoms with Gasteiger partial charge in [0.2, 0.25) is 0 Å². The number of carbonyl (C=O) groups excluding carboxylic acids is 1. The minimum Gasteiger partial charge on any atom is -0.388 e. The molecule has 0 spiro atoms. The van der Waals surface area contributed by atoms with Crippen LogP contribution in [0.2, 0.25) is 0 Å². The molecule has 1 aliphatic rings. The van der Waals surface area contributed by atoms with Gasteiger partial charge in [-0.1, -0.05) is 0 Å². The highest BCUT2D eigenvalue weighted by atomic mass is 16.3. The SMILES string of the molecule is CCn1c(CO)nnc1C1CC(NC(=O)c2cnn3cc(C)cnc23)C1. The third-order valence-corrected chi connectivity index (χ3v) is 4.88. The number of carbonyl (C=O) groups is 1. The summed E-state index contributed by atoms with van der Waals surface area (Å²) in [6, 6.07) is 0.0903. The zero-order valence-corrected chi connectivity index (χ0v) is 14.8. The van der Waals surface area contributed by atoms with Gasteiger partial charge < -0.3 is 15.0 Å². The van der Waals surface area contributed by atoms with Crippen LogP contribution in [-0.4, -0.2) is 46.4 Å². The molecule has 0 aliphatic heterocycles. The monoisotopic (exact) mass is 355 g/mol. The Labute approximate surface area is 150 Å². The molecule has 2 N–H and O–H groups in total. The second-order valence-corrected chi connectivity index (χ2v) is 6.67. The second kappa shape index (κ2) is 6.49. The molecule has 1 amide bonds. The van der Waals surface area contributed by atoms with E-state index < -0.39 is 0 Å². The summed E-state index contributed by atoms with van der Waals surface area (Å²) in [5, 5.41) is 24.8. The zero-order valence-electron chi connectivity index (χ0n) is 14.8. The van der Waals surface area contributed by atoms with Crippen LogP contribution in [0.15, 0.2) is 18.6 Å². The van der Waals surface area contributed by atoms with Gasteiger partial charge in [0.1, 0.15) is 18.0 Å². The van der Waals surface area contributed by atoms with Gasteiger partial charge in [-0.15, -0.1) is 10.2 Å². The van der Waals surface area contributed by atoms with Crippen LogP contribution in [-0.2, 0) is 13.2 Å². The molecule has 136 valence electrons. The smallest absolute Gasteiger partial charge is 0.256 e. The quantitative estimate of drug-likeness (QED) is 0.701. The fourth-order valence-electron chi connectivity index (χ4n) is 3.45. The van der Waals surface area contributed by atoms with Gasteiger partial charge in [0.05, 0.1) is 6.20 Å². The minimum atomic E-state index is -0.159. The number of hydrogen-bond acceptors (Lipinski definition) is 6. The Bertz CT molecular complexity index is 955. The number of aliphatic hydroxyl groups excluding tert-OH is 1. The fourth-order valence-corrected chi connectivity index (χ4v) is 3.45. The number of nitrogens with zero attached hydrogens (tertiary/aromatic N) is 6. The van der Waals surface area contributed by atoms with Crippen molar-refractivity contribution >= 4 is 11.6 Å². The Balaban J connectivity index is 1.42. The normalized spacial score (nSPS) is 19.5. The number of amides is 1. The molecule has 9 nitrogen and oxygen atoms in total. The summed E-state index contributed by atoms with van der Waals surface area (Å²) < 4.78 is 3.56. The Morgan fingerprint density at radius 1 is 1.35 bits per heavy atom. The van der Waals surface area contributed by atoms with Crippen molar-refractivity contribution in [3.05, 3.63) is 41.4 Å². The van der Waals surface area contributed by atoms with Crippen LogP contribution in [0.3, 0.4) is 0 Å². The van der Waals surface area contributed by atoms with E-state index in [1.807, 2.05) is 24.6 Å². The number of hydrogen-bond donors (Lipinski definition) is 2. The van der Waals surface area contributed by atoms with Crippen LogP contribution in [0.1, 0.15) is 53.3 Å². The lowest BCUT2D eigenvalue weighted by molar-refractivity contribution is 0.0908. The first-order valence-electron chi connectivity index (χ1n) is 8.74. The molecule has 0 radical (unpaired) electrons. The molecule has 3 aromatic rings. The van der Waals surface area contributed by atoms with E-state index in [-0.39, 0.29) is 24.5 Å². The number of rotatable bonds is 5. The van der Waals surface area contributed by atoms with E-state index in [9.17, 15) is 9.90 Å². The first kappa shape index (κ1) is 16.6. The molecule has 0 bridgehead atoms. The zero-order chi connectivity index (χ0) is 18.3. The van der Waals surface area contributed by atoms with Gasteiger partial charge in [-0.25, -0.2) is 9.50 Å². The Morgan fingerprint density at radius 2 is 2.15 bits per heavy atom. The molecular formula is C17H21N7O2. The molecule has 3 aromatic heterocycles. The lowest BCUT2D eigenvalue weighted by Crippen LogP contribution is -2.44. The van der Waals surface area contributed by atoms with E-state index in [0.29, 0.717) is 17.0 Å². The molecule has 0 saturated heterocycles. The van der Waals surface area contributed by atoms with Crippen LogP contribution >= 0.6 is 0 Å². The van der Waals surface area contributed by atoms with Gasteiger partial charge in [-0.3, -0.25) is 4.79 Å². The van der Waals surface area contributed by atoms with Gasteiger partial charge in [-0.2, -0.15) is 5.10 Å². The first-order chi connectivity index (χ1) is 12.6. The van der Waals surface area contributed by atoms with Gasteiger partial charge >= 0.3 is 0 Å². The summed E-state index contributed by atoms with van der Waals surface area (Å²) in [7, 11) is 0. The van der Waals surface area contributed by atoms with E-state index in [1.54, 1.807) is 16.9 Å². The van der Waals surface area contributed by atoms with Gasteiger partial charge in [0.25, 0.3) is 5.91 Å². The van der Waals surface area contributed by atoms with E-state index in [0.717, 1.165) is 30.8 Å². The van der Waals surface area contributed by atoms with Crippen molar-refractivity contribution < 1.29 is 9.90 Å². The highest BCUT2D eigenvalue weighted by Crippen LogP contribution is 2.36. The fraction of sp³-hybridized carbons (Fsp3) is 0.471. The third-order valence-electron chi connectivity index (χ3n) is 4.88. The molecule has 0 unspecified atom stereocenters. The number of nitrogens with one attached hydrogen (secondary N) is 1. The van der Waals surface area contributed by atoms with Gasteiger partial charge in [-0.05, 0) is 32.3 Å². The first-order valence-corrected chi connectivity index (χ1v) is 8.74.